The first-order chi connectivity index (χ1) is 72.2. The monoisotopic (exact) mass is 1860 g/mol. The Balaban J connectivity index is 0.000000115. The van der Waals surface area contributed by atoms with E-state index >= 15 is 0 Å². The van der Waals surface area contributed by atoms with Gasteiger partial charge in [0.25, 0.3) is 0 Å². The van der Waals surface area contributed by atoms with Crippen molar-refractivity contribution in [3.8, 4) is 66.8 Å². The van der Waals surface area contributed by atoms with Crippen LogP contribution >= 0.6 is 0 Å². The SMILES string of the molecule is C=C/C=C\c1ccc(-c2ccc3ccc(-c4c5ccccc5c(C(=C)c5cccc(-c6ccc7ccccc7c6)c5C=C)c5ccccc45)cc3c2)cc1.C=C/C=C\c1ccc2ccccc2c1.c1ccc2cc(-c3ccc4ccc(-c5c6ccccc6c(-c6cccc7ccccc67)c6ccccc56)cc4c3)ccc2c1.c1ccc2cc3ccccc3cc2c1.c1ccc2ccccc2c1.c1ccc2ccccc2c1. The van der Waals surface area contributed by atoms with Crippen LogP contribution in [0.3, 0.4) is 0 Å². The van der Waals surface area contributed by atoms with E-state index in [1.165, 1.54) is 218 Å². The van der Waals surface area contributed by atoms with Crippen LogP contribution in [0, 0.1) is 0 Å². The molecule has 0 saturated heterocycles. The van der Waals surface area contributed by atoms with Gasteiger partial charge in [0.05, 0.1) is 0 Å². The Bertz CT molecular complexity index is 9290. The third-order valence-electron chi connectivity index (χ3n) is 28.1. The first-order valence-electron chi connectivity index (χ1n) is 50.0. The van der Waals surface area contributed by atoms with Crippen molar-refractivity contribution in [2.24, 2.45) is 0 Å². The summed E-state index contributed by atoms with van der Waals surface area (Å²) in [6.07, 6.45) is 13.6. The fourth-order valence-electron chi connectivity index (χ4n) is 20.9. The molecule has 0 fully saturated rings. The molecule has 0 nitrogen and oxygen atoms in total. The predicted octanol–water partition coefficient (Wildman–Crippen LogP) is 41.4. The van der Waals surface area contributed by atoms with Crippen molar-refractivity contribution in [2.45, 2.75) is 0 Å². The highest BCUT2D eigenvalue weighted by molar-refractivity contribution is 6.25. The van der Waals surface area contributed by atoms with Crippen LogP contribution in [0.25, 0.3) is 241 Å². The zero-order valence-corrected chi connectivity index (χ0v) is 81.3. The van der Waals surface area contributed by atoms with Gasteiger partial charge >= 0.3 is 0 Å². The lowest BCUT2D eigenvalue weighted by Crippen LogP contribution is -1.97. The maximum Gasteiger partial charge on any atom is -0.00201 e. The van der Waals surface area contributed by atoms with Crippen LogP contribution in [0.15, 0.2) is 591 Å². The molecule has 0 heterocycles. The van der Waals surface area contributed by atoms with E-state index in [-0.39, 0.29) is 0 Å². The normalized spacial score (nSPS) is 11.2. The summed E-state index contributed by atoms with van der Waals surface area (Å²) in [6.45, 7) is 16.6. The van der Waals surface area contributed by atoms with Crippen molar-refractivity contribution in [3.63, 3.8) is 0 Å². The molecule has 146 heavy (non-hydrogen) atoms. The summed E-state index contributed by atoms with van der Waals surface area (Å²) in [5, 5.41) is 35.4. The van der Waals surface area contributed by atoms with Crippen molar-refractivity contribution < 1.29 is 0 Å². The molecule has 27 rings (SSSR count). The fraction of sp³-hybridized carbons (Fsp3) is 0. The number of hydrogen-bond donors (Lipinski definition) is 0. The summed E-state index contributed by atoms with van der Waals surface area (Å²) in [7, 11) is 0. The van der Waals surface area contributed by atoms with Gasteiger partial charge in [-0.2, -0.15) is 0 Å². The van der Waals surface area contributed by atoms with E-state index in [9.17, 15) is 0 Å². The topological polar surface area (TPSA) is 0 Å². The van der Waals surface area contributed by atoms with E-state index in [1.807, 2.05) is 18.2 Å². The molecular formula is C146H104. The molecule has 0 bridgehead atoms. The highest BCUT2D eigenvalue weighted by atomic mass is 14.3. The van der Waals surface area contributed by atoms with Crippen LogP contribution in [-0.4, -0.2) is 0 Å². The molecule has 688 valence electrons. The van der Waals surface area contributed by atoms with Crippen molar-refractivity contribution in [2.75, 3.05) is 0 Å². The molecule has 0 aliphatic carbocycles. The van der Waals surface area contributed by atoms with Crippen molar-refractivity contribution in [1.82, 2.24) is 0 Å². The van der Waals surface area contributed by atoms with Gasteiger partial charge in [-0.05, 0) is 306 Å². The molecular weight excluding hydrogens is 1750 g/mol. The molecule has 0 aromatic heterocycles. The Kier molecular flexibility index (Phi) is 26.9. The van der Waals surface area contributed by atoms with Gasteiger partial charge in [0, 0.05) is 0 Å². The zero-order valence-electron chi connectivity index (χ0n) is 81.3. The third kappa shape index (κ3) is 19.5. The lowest BCUT2D eigenvalue weighted by Gasteiger charge is -2.21. The second-order valence-electron chi connectivity index (χ2n) is 37.0. The van der Waals surface area contributed by atoms with Crippen LogP contribution in [0.2, 0.25) is 0 Å². The van der Waals surface area contributed by atoms with Gasteiger partial charge in [0.1, 0.15) is 0 Å². The molecule has 27 aromatic carbocycles. The van der Waals surface area contributed by atoms with Gasteiger partial charge in [-0.25, -0.2) is 0 Å². The number of benzene rings is 27. The van der Waals surface area contributed by atoms with E-state index in [2.05, 4.69) is 572 Å². The number of fused-ring (bicyclic) bond motifs is 14. The van der Waals surface area contributed by atoms with Gasteiger partial charge in [0.15, 0.2) is 0 Å². The predicted molar refractivity (Wildman–Crippen MR) is 639 cm³/mol. The van der Waals surface area contributed by atoms with Gasteiger partial charge in [0.2, 0.25) is 0 Å². The molecule has 0 aliphatic heterocycles. The molecule has 0 unspecified atom stereocenters. The standard InChI is InChI=1S/C54H38.C44H28.C14H10.C14H12.2C10H8/c1-4-6-14-37-23-25-39(26-24-37)42-30-27-40-29-32-44(35-45(40)34-42)54-51-19-11-9-17-49(51)53(50-18-10-12-20-52(50)54)36(3)47-21-13-22-48(46(47)5-2)43-31-28-38-15-7-8-16-41(38)33-43;1-2-12-32-26-33(23-20-29(32)10-1)34-24-21-30-22-25-35(28-36(30)27-34)43-39-15-5-7-17-41(39)44(42-18-8-6-16-40(42)43)38-19-9-13-31-11-3-4-14-37(31)38;1-2-6-12-10-14-8-4-3-7-13(14)9-11(12)5-1;1-2-3-6-12-9-10-13-7-4-5-8-14(13)11-12;2*1-2-6-10-8-4-3-7-9(10)5-1/h4-35H,1-3H2;1-28H;1-10H;2-11H,1H2;2*1-8H/b14-6-;;;6-3-;;. The van der Waals surface area contributed by atoms with E-state index in [0.29, 0.717) is 0 Å². The number of rotatable bonds is 13. The lowest BCUT2D eigenvalue weighted by atomic mass is 9.82. The largest absolute Gasteiger partial charge is 0.0991 e. The highest BCUT2D eigenvalue weighted by Crippen LogP contribution is 2.49. The highest BCUT2D eigenvalue weighted by Gasteiger charge is 2.23. The van der Waals surface area contributed by atoms with Crippen LogP contribution < -0.4 is 0 Å². The Morgan fingerprint density at radius 3 is 0.822 bits per heavy atom. The Morgan fingerprint density at radius 2 is 0.418 bits per heavy atom. The van der Waals surface area contributed by atoms with E-state index in [0.717, 1.165) is 33.4 Å². The van der Waals surface area contributed by atoms with Crippen LogP contribution in [-0.2, 0) is 0 Å². The van der Waals surface area contributed by atoms with Gasteiger partial charge < -0.3 is 0 Å². The third-order valence-corrected chi connectivity index (χ3v) is 28.1. The minimum Gasteiger partial charge on any atom is -0.0991 e. The Morgan fingerprint density at radius 1 is 0.164 bits per heavy atom. The molecule has 0 spiro atoms. The summed E-state index contributed by atoms with van der Waals surface area (Å²) in [4.78, 5) is 0. The van der Waals surface area contributed by atoms with Crippen molar-refractivity contribution in [1.29, 1.82) is 0 Å². The van der Waals surface area contributed by atoms with Crippen molar-refractivity contribution in [3.05, 3.63) is 618 Å². The molecule has 0 amide bonds. The van der Waals surface area contributed by atoms with Crippen LogP contribution in [0.5, 0.6) is 0 Å². The Hall–Kier alpha value is -19.0. The quantitative estimate of drug-likeness (QED) is 0.0797. The zero-order chi connectivity index (χ0) is 98.4. The summed E-state index contributed by atoms with van der Waals surface area (Å²) in [5.74, 6) is 0. The average Bonchev–Trinajstić information content (AvgIpc) is 0.728. The molecule has 0 atom stereocenters. The lowest BCUT2D eigenvalue weighted by molar-refractivity contribution is 1.55. The van der Waals surface area contributed by atoms with Gasteiger partial charge in [-0.15, -0.1) is 0 Å². The Labute approximate surface area is 853 Å². The molecule has 0 radical (unpaired) electrons. The number of allylic oxidation sites excluding steroid dienone is 4. The second kappa shape index (κ2) is 42.6. The first kappa shape index (κ1) is 92.1. The summed E-state index contributed by atoms with van der Waals surface area (Å²) in [6, 6.07) is 194. The fourth-order valence-corrected chi connectivity index (χ4v) is 20.9. The summed E-state index contributed by atoms with van der Waals surface area (Å²) < 4.78 is 0. The van der Waals surface area contributed by atoms with Crippen molar-refractivity contribution >= 4 is 175 Å². The average molecular weight is 1860 g/mol. The van der Waals surface area contributed by atoms with Crippen LogP contribution in [0.1, 0.15) is 27.8 Å². The van der Waals surface area contributed by atoms with Gasteiger partial charge in [-0.1, -0.05) is 554 Å². The van der Waals surface area contributed by atoms with Crippen LogP contribution in [0.4, 0.5) is 0 Å². The first-order valence-corrected chi connectivity index (χ1v) is 50.0. The maximum absolute atomic E-state index is 4.83. The minimum atomic E-state index is 0.987. The molecule has 0 aliphatic rings. The van der Waals surface area contributed by atoms with E-state index in [4.69, 9.17) is 6.58 Å². The summed E-state index contributed by atoms with van der Waals surface area (Å²) >= 11 is 0. The minimum absolute atomic E-state index is 0.987. The molecule has 0 heteroatoms. The maximum atomic E-state index is 4.83. The second-order valence-corrected chi connectivity index (χ2v) is 37.0. The summed E-state index contributed by atoms with van der Waals surface area (Å²) in [5.41, 5.74) is 21.4. The number of hydrogen-bond acceptors (Lipinski definition) is 0. The van der Waals surface area contributed by atoms with Gasteiger partial charge in [-0.3, -0.25) is 0 Å². The molecule has 27 aromatic rings. The molecule has 0 saturated carbocycles. The smallest absolute Gasteiger partial charge is 0.00201 e. The van der Waals surface area contributed by atoms with E-state index < -0.39 is 0 Å². The van der Waals surface area contributed by atoms with E-state index in [1.54, 1.807) is 12.2 Å². The molecule has 0 N–H and O–H groups in total.